The van der Waals surface area contributed by atoms with Crippen LogP contribution in [0, 0.1) is 20.8 Å². The van der Waals surface area contributed by atoms with Crippen molar-refractivity contribution in [3.05, 3.63) is 105 Å². The maximum atomic E-state index is 14.1. The van der Waals surface area contributed by atoms with Crippen LogP contribution in [-0.4, -0.2) is 59.2 Å². The second-order valence-corrected chi connectivity index (χ2v) is 14.6. The highest BCUT2D eigenvalue weighted by molar-refractivity contribution is 7.91. The number of ether oxygens (including phenoxy) is 1. The van der Waals surface area contributed by atoms with Crippen LogP contribution in [0.1, 0.15) is 57.6 Å². The number of H-pyrrole nitrogens is 1. The molecular weight excluding hydrogens is 588 g/mol. The van der Waals surface area contributed by atoms with Crippen molar-refractivity contribution in [2.24, 2.45) is 0 Å². The molecule has 1 saturated carbocycles. The highest BCUT2D eigenvalue weighted by atomic mass is 32.2. The summed E-state index contributed by atoms with van der Waals surface area (Å²) < 4.78 is 34.1. The quantitative estimate of drug-likeness (QED) is 0.240. The number of amides is 1. The molecule has 0 unspecified atom stereocenters. The zero-order valence-electron chi connectivity index (χ0n) is 26.1. The Morgan fingerprint density at radius 3 is 2.40 bits per heavy atom. The first kappa shape index (κ1) is 31.0. The molecule has 4 aromatic rings. The number of hydrogen-bond donors (Lipinski definition) is 2. The summed E-state index contributed by atoms with van der Waals surface area (Å²) in [5, 5.41) is 3.51. The van der Waals surface area contributed by atoms with Gasteiger partial charge in [-0.3, -0.25) is 14.5 Å². The van der Waals surface area contributed by atoms with E-state index in [1.807, 2.05) is 51.1 Å². The Labute approximate surface area is 264 Å². The number of hydrogen-bond acceptors (Lipinski definition) is 6. The van der Waals surface area contributed by atoms with Crippen molar-refractivity contribution in [1.29, 1.82) is 0 Å². The zero-order valence-corrected chi connectivity index (χ0v) is 26.9. The van der Waals surface area contributed by atoms with Gasteiger partial charge in [0.25, 0.3) is 11.5 Å². The minimum Gasteiger partial charge on any atom is -0.379 e. The van der Waals surface area contributed by atoms with E-state index in [-0.39, 0.29) is 18.0 Å². The van der Waals surface area contributed by atoms with E-state index >= 15 is 0 Å². The predicted octanol–water partition coefficient (Wildman–Crippen LogP) is 4.97. The average molecular weight is 629 g/mol. The van der Waals surface area contributed by atoms with E-state index in [0.29, 0.717) is 46.9 Å². The van der Waals surface area contributed by atoms with Gasteiger partial charge in [0.05, 0.1) is 23.5 Å². The molecule has 236 valence electrons. The number of allylic oxidation sites excluding steroid dienone is 1. The lowest BCUT2D eigenvalue weighted by Gasteiger charge is -2.26. The molecule has 1 aliphatic carbocycles. The van der Waals surface area contributed by atoms with Crippen LogP contribution in [0.4, 0.5) is 0 Å². The van der Waals surface area contributed by atoms with Gasteiger partial charge < -0.3 is 15.0 Å². The number of aromatic nitrogens is 2. The smallest absolute Gasteiger partial charge is 0.253 e. The van der Waals surface area contributed by atoms with Crippen molar-refractivity contribution >= 4 is 26.8 Å². The number of nitrogens with one attached hydrogen (secondary N) is 2. The Balaban J connectivity index is 1.42. The molecule has 0 radical (unpaired) electrons. The highest BCUT2D eigenvalue weighted by Gasteiger charge is 2.54. The molecule has 9 nitrogen and oxygen atoms in total. The number of rotatable bonds is 10. The van der Waals surface area contributed by atoms with Crippen LogP contribution in [0.15, 0.2) is 66.1 Å². The molecule has 0 spiro atoms. The van der Waals surface area contributed by atoms with Crippen molar-refractivity contribution in [1.82, 2.24) is 19.2 Å². The fourth-order valence-electron chi connectivity index (χ4n) is 6.43. The summed E-state index contributed by atoms with van der Waals surface area (Å²) in [6.07, 6.45) is 4.81. The number of fused-ring (bicyclic) bond motifs is 1. The lowest BCUT2D eigenvalue weighted by molar-refractivity contribution is 0.0342. The molecule has 1 aliphatic heterocycles. The largest absolute Gasteiger partial charge is 0.379 e. The summed E-state index contributed by atoms with van der Waals surface area (Å²) in [6.45, 7) is 13.4. The van der Waals surface area contributed by atoms with Crippen LogP contribution in [-0.2, 0) is 27.8 Å². The molecule has 1 saturated heterocycles. The van der Waals surface area contributed by atoms with Crippen molar-refractivity contribution < 1.29 is 17.9 Å². The number of aryl methyl sites for hydroxylation is 3. The summed E-state index contributed by atoms with van der Waals surface area (Å²) in [7, 11) is -3.78. The second kappa shape index (κ2) is 12.1. The summed E-state index contributed by atoms with van der Waals surface area (Å²) in [6, 6.07) is 13.7. The summed E-state index contributed by atoms with van der Waals surface area (Å²) in [5.41, 5.74) is 6.07. The van der Waals surface area contributed by atoms with Gasteiger partial charge >= 0.3 is 0 Å². The summed E-state index contributed by atoms with van der Waals surface area (Å²) in [5.74, 6) is -0.379. The number of nitrogens with zero attached hydrogens (tertiary/aromatic N) is 2. The Kier molecular flexibility index (Phi) is 8.32. The molecule has 1 amide bonds. The standard InChI is InChI=1S/C35H40N4O5S/c1-5-10-35(11-12-35)45(42,43)39-21-24(3)32-29(33(40)36-20-30-23(2)17-25(4)37-34(30)41)18-28(19-31(32)39)27-8-6-26(7-9-27)22-38-13-15-44-16-14-38/h5-9,17-19,21H,1,10-16,20,22H2,2-4H3,(H,36,40)(H,37,41). The van der Waals surface area contributed by atoms with E-state index in [1.165, 1.54) is 9.54 Å². The van der Waals surface area contributed by atoms with E-state index in [1.54, 1.807) is 12.3 Å². The lowest BCUT2D eigenvalue weighted by Crippen LogP contribution is -2.35. The summed E-state index contributed by atoms with van der Waals surface area (Å²) >= 11 is 0. The van der Waals surface area contributed by atoms with Crippen LogP contribution in [0.25, 0.3) is 22.0 Å². The van der Waals surface area contributed by atoms with Gasteiger partial charge in [-0.05, 0) is 86.1 Å². The highest BCUT2D eigenvalue weighted by Crippen LogP contribution is 2.49. The molecule has 2 fully saturated rings. The fraction of sp³-hybridized carbons (Fsp3) is 0.371. The molecule has 45 heavy (non-hydrogen) atoms. The normalized spacial score (nSPS) is 16.5. The molecular formula is C35H40N4O5S. The minimum atomic E-state index is -3.78. The number of aromatic amines is 1. The van der Waals surface area contributed by atoms with Gasteiger partial charge in [0.2, 0.25) is 10.0 Å². The van der Waals surface area contributed by atoms with Crippen molar-refractivity contribution in [3.8, 4) is 11.1 Å². The minimum absolute atomic E-state index is 0.0444. The maximum Gasteiger partial charge on any atom is 0.253 e. The molecule has 0 bridgehead atoms. The first-order valence-electron chi connectivity index (χ1n) is 15.4. The zero-order chi connectivity index (χ0) is 31.9. The van der Waals surface area contributed by atoms with Gasteiger partial charge in [-0.1, -0.05) is 30.3 Å². The molecule has 6 rings (SSSR count). The van der Waals surface area contributed by atoms with Gasteiger partial charge in [-0.2, -0.15) is 0 Å². The van der Waals surface area contributed by atoms with E-state index < -0.39 is 14.8 Å². The topological polar surface area (TPSA) is 114 Å². The molecule has 3 heterocycles. The third-order valence-corrected chi connectivity index (χ3v) is 11.6. The van der Waals surface area contributed by atoms with Crippen LogP contribution in [0.3, 0.4) is 0 Å². The Bertz CT molecular complexity index is 1950. The fourth-order valence-corrected chi connectivity index (χ4v) is 8.50. The molecule has 2 aliphatic rings. The van der Waals surface area contributed by atoms with Crippen LogP contribution >= 0.6 is 0 Å². The third kappa shape index (κ3) is 5.90. The molecule has 0 atom stereocenters. The van der Waals surface area contributed by atoms with Gasteiger partial charge in [-0.15, -0.1) is 6.58 Å². The first-order chi connectivity index (χ1) is 21.5. The van der Waals surface area contributed by atoms with Crippen LogP contribution < -0.4 is 10.9 Å². The number of pyridine rings is 1. The van der Waals surface area contributed by atoms with Gasteiger partial charge in [0.15, 0.2) is 0 Å². The number of morpholine rings is 1. The van der Waals surface area contributed by atoms with E-state index in [0.717, 1.165) is 55.2 Å². The van der Waals surface area contributed by atoms with Crippen molar-refractivity contribution in [3.63, 3.8) is 0 Å². The molecule has 2 aromatic heterocycles. The lowest BCUT2D eigenvalue weighted by atomic mass is 9.97. The monoisotopic (exact) mass is 628 g/mol. The predicted molar refractivity (Wildman–Crippen MR) is 177 cm³/mol. The third-order valence-electron chi connectivity index (χ3n) is 9.15. The number of benzene rings is 2. The molecule has 10 heteroatoms. The van der Waals surface area contributed by atoms with E-state index in [9.17, 15) is 18.0 Å². The molecule has 2 N–H and O–H groups in total. The maximum absolute atomic E-state index is 14.1. The Morgan fingerprint density at radius 2 is 1.76 bits per heavy atom. The van der Waals surface area contributed by atoms with Gasteiger partial charge in [0.1, 0.15) is 0 Å². The van der Waals surface area contributed by atoms with E-state index in [4.69, 9.17) is 4.74 Å². The average Bonchev–Trinajstić information content (AvgIpc) is 3.73. The van der Waals surface area contributed by atoms with Crippen LogP contribution in [0.5, 0.6) is 0 Å². The number of carbonyl (C=O) groups excluding carboxylic acids is 1. The summed E-state index contributed by atoms with van der Waals surface area (Å²) in [4.78, 5) is 31.7. The number of carbonyl (C=O) groups is 1. The first-order valence-corrected chi connectivity index (χ1v) is 16.9. The van der Waals surface area contributed by atoms with Gasteiger partial charge in [-0.25, -0.2) is 12.4 Å². The van der Waals surface area contributed by atoms with Crippen molar-refractivity contribution in [2.75, 3.05) is 26.3 Å². The van der Waals surface area contributed by atoms with E-state index in [2.05, 4.69) is 33.9 Å². The van der Waals surface area contributed by atoms with Crippen LogP contribution in [0.2, 0.25) is 0 Å². The van der Waals surface area contributed by atoms with Crippen molar-refractivity contribution in [2.45, 2.75) is 57.9 Å². The SMILES string of the molecule is C=CCC1(S(=O)(=O)n2cc(C)c3c(C(=O)NCc4c(C)cc(C)[nH]c4=O)cc(-c4ccc(CN5CCOCC5)cc4)cc32)CC1. The Hall–Kier alpha value is -3.99. The molecule has 2 aromatic carbocycles. The second-order valence-electron chi connectivity index (χ2n) is 12.4. The Morgan fingerprint density at radius 1 is 1.04 bits per heavy atom. The van der Waals surface area contributed by atoms with Gasteiger partial charge in [0, 0.05) is 54.6 Å².